The number of likely N-dealkylation sites (N-methyl/N-ethyl adjacent to an activating group) is 1. The zero-order valence-corrected chi connectivity index (χ0v) is 13.0. The van der Waals surface area contributed by atoms with Crippen molar-refractivity contribution in [2.75, 3.05) is 26.7 Å². The summed E-state index contributed by atoms with van der Waals surface area (Å²) in [4.78, 5) is 2.45. The van der Waals surface area contributed by atoms with Crippen molar-refractivity contribution >= 4 is 0 Å². The van der Waals surface area contributed by atoms with E-state index >= 15 is 0 Å². The molecule has 5 heteroatoms. The standard InChI is InChI=1S/C16H25FN2O2/c1-4-19-9-5-6-12(19)10-18-11(2)15-14(20)8-7-13(17)16(15)21-3/h7-8,11-12,18,20H,4-6,9-10H2,1-3H3. The highest BCUT2D eigenvalue weighted by Crippen LogP contribution is 2.35. The number of rotatable bonds is 6. The van der Waals surface area contributed by atoms with Crippen LogP contribution in [0.2, 0.25) is 0 Å². The summed E-state index contributed by atoms with van der Waals surface area (Å²) in [6.07, 6.45) is 2.41. The maximum atomic E-state index is 13.8. The first kappa shape index (κ1) is 16.0. The molecule has 1 aliphatic rings. The third-order valence-corrected chi connectivity index (χ3v) is 4.33. The van der Waals surface area contributed by atoms with Crippen molar-refractivity contribution in [2.24, 2.45) is 0 Å². The van der Waals surface area contributed by atoms with Crippen LogP contribution >= 0.6 is 0 Å². The van der Waals surface area contributed by atoms with Crippen LogP contribution < -0.4 is 10.1 Å². The van der Waals surface area contributed by atoms with E-state index < -0.39 is 5.82 Å². The molecule has 0 aliphatic carbocycles. The Hall–Kier alpha value is -1.33. The minimum Gasteiger partial charge on any atom is -0.507 e. The molecule has 1 aliphatic heterocycles. The van der Waals surface area contributed by atoms with Crippen LogP contribution in [0.15, 0.2) is 12.1 Å². The van der Waals surface area contributed by atoms with Gasteiger partial charge in [0.1, 0.15) is 5.75 Å². The number of phenolic OH excluding ortho intramolecular Hbond substituents is 1. The summed E-state index contributed by atoms with van der Waals surface area (Å²) in [5, 5.41) is 13.4. The van der Waals surface area contributed by atoms with Crippen molar-refractivity contribution in [3.8, 4) is 11.5 Å². The van der Waals surface area contributed by atoms with Crippen LogP contribution in [0.25, 0.3) is 0 Å². The van der Waals surface area contributed by atoms with Gasteiger partial charge in [-0.3, -0.25) is 4.90 Å². The first-order valence-corrected chi connectivity index (χ1v) is 7.61. The number of phenols is 1. The molecule has 1 aromatic rings. The lowest BCUT2D eigenvalue weighted by Crippen LogP contribution is -2.38. The van der Waals surface area contributed by atoms with Crippen LogP contribution in [0.3, 0.4) is 0 Å². The molecule has 1 heterocycles. The zero-order valence-electron chi connectivity index (χ0n) is 13.0. The van der Waals surface area contributed by atoms with Gasteiger partial charge in [0.25, 0.3) is 0 Å². The Balaban J connectivity index is 2.07. The Morgan fingerprint density at radius 2 is 2.29 bits per heavy atom. The van der Waals surface area contributed by atoms with Crippen LogP contribution in [0.5, 0.6) is 11.5 Å². The van der Waals surface area contributed by atoms with Gasteiger partial charge in [-0.25, -0.2) is 4.39 Å². The van der Waals surface area contributed by atoms with E-state index in [1.807, 2.05) is 6.92 Å². The summed E-state index contributed by atoms with van der Waals surface area (Å²) < 4.78 is 18.9. The Labute approximate surface area is 125 Å². The lowest BCUT2D eigenvalue weighted by atomic mass is 10.0. The number of benzene rings is 1. The van der Waals surface area contributed by atoms with E-state index in [2.05, 4.69) is 17.1 Å². The second-order valence-electron chi connectivity index (χ2n) is 5.57. The number of nitrogens with one attached hydrogen (secondary N) is 1. The molecule has 2 unspecified atom stereocenters. The van der Waals surface area contributed by atoms with E-state index in [1.54, 1.807) is 0 Å². The lowest BCUT2D eigenvalue weighted by Gasteiger charge is -2.26. The van der Waals surface area contributed by atoms with Crippen LogP contribution in [0.4, 0.5) is 4.39 Å². The van der Waals surface area contributed by atoms with E-state index in [0.717, 1.165) is 19.6 Å². The number of nitrogens with zero attached hydrogens (tertiary/aromatic N) is 1. The number of ether oxygens (including phenoxy) is 1. The summed E-state index contributed by atoms with van der Waals surface area (Å²) in [5.41, 5.74) is 0.485. The highest BCUT2D eigenvalue weighted by molar-refractivity contribution is 5.46. The summed E-state index contributed by atoms with van der Waals surface area (Å²) >= 11 is 0. The molecule has 2 rings (SSSR count). The van der Waals surface area contributed by atoms with Crippen molar-refractivity contribution in [1.29, 1.82) is 0 Å². The molecule has 2 N–H and O–H groups in total. The van der Waals surface area contributed by atoms with Crippen molar-refractivity contribution in [1.82, 2.24) is 10.2 Å². The normalized spacial score (nSPS) is 20.7. The topological polar surface area (TPSA) is 44.7 Å². The molecular weight excluding hydrogens is 271 g/mol. The Kier molecular flexibility index (Phi) is 5.42. The Bertz CT molecular complexity index is 482. The van der Waals surface area contributed by atoms with Gasteiger partial charge >= 0.3 is 0 Å². The van der Waals surface area contributed by atoms with Gasteiger partial charge in [-0.2, -0.15) is 0 Å². The minimum absolute atomic E-state index is 0.0621. The smallest absolute Gasteiger partial charge is 0.165 e. The molecule has 2 atom stereocenters. The van der Waals surface area contributed by atoms with Gasteiger partial charge in [0.05, 0.1) is 12.7 Å². The average molecular weight is 296 g/mol. The van der Waals surface area contributed by atoms with Gasteiger partial charge in [-0.05, 0) is 45.0 Å². The molecule has 118 valence electrons. The average Bonchev–Trinajstić information content (AvgIpc) is 2.94. The van der Waals surface area contributed by atoms with Gasteiger partial charge in [-0.15, -0.1) is 0 Å². The molecule has 21 heavy (non-hydrogen) atoms. The first-order chi connectivity index (χ1) is 10.1. The monoisotopic (exact) mass is 296 g/mol. The maximum Gasteiger partial charge on any atom is 0.165 e. The number of aromatic hydroxyl groups is 1. The summed E-state index contributed by atoms with van der Waals surface area (Å²) in [5.74, 6) is -0.268. The van der Waals surface area contributed by atoms with Gasteiger partial charge in [0.2, 0.25) is 0 Å². The number of hydrogen-bond donors (Lipinski definition) is 2. The van der Waals surface area contributed by atoms with Gasteiger partial charge in [0.15, 0.2) is 11.6 Å². The summed E-state index contributed by atoms with van der Waals surface area (Å²) in [6, 6.07) is 2.94. The minimum atomic E-state index is -0.449. The molecule has 1 fully saturated rings. The van der Waals surface area contributed by atoms with Crippen LogP contribution in [-0.2, 0) is 0 Å². The second-order valence-corrected chi connectivity index (χ2v) is 5.57. The molecule has 0 amide bonds. The quantitative estimate of drug-likeness (QED) is 0.847. The fourth-order valence-corrected chi connectivity index (χ4v) is 3.15. The number of methoxy groups -OCH3 is 1. The van der Waals surface area contributed by atoms with Gasteiger partial charge < -0.3 is 15.2 Å². The molecule has 0 aromatic heterocycles. The molecule has 0 bridgehead atoms. The zero-order chi connectivity index (χ0) is 15.4. The largest absolute Gasteiger partial charge is 0.507 e. The third-order valence-electron chi connectivity index (χ3n) is 4.33. The van der Waals surface area contributed by atoms with Crippen molar-refractivity contribution in [2.45, 2.75) is 38.8 Å². The Morgan fingerprint density at radius 3 is 2.95 bits per heavy atom. The first-order valence-electron chi connectivity index (χ1n) is 7.61. The highest BCUT2D eigenvalue weighted by Gasteiger charge is 2.25. The highest BCUT2D eigenvalue weighted by atomic mass is 19.1. The second kappa shape index (κ2) is 7.09. The summed E-state index contributed by atoms with van der Waals surface area (Å²) in [6.45, 7) is 7.11. The van der Waals surface area contributed by atoms with Crippen molar-refractivity contribution < 1.29 is 14.2 Å². The molecule has 0 spiro atoms. The maximum absolute atomic E-state index is 13.8. The third kappa shape index (κ3) is 3.47. The van der Waals surface area contributed by atoms with E-state index in [1.165, 1.54) is 32.1 Å². The predicted molar refractivity (Wildman–Crippen MR) is 81.3 cm³/mol. The fourth-order valence-electron chi connectivity index (χ4n) is 3.15. The van der Waals surface area contributed by atoms with Crippen LogP contribution in [0, 0.1) is 5.82 Å². The number of halogens is 1. The molecule has 4 nitrogen and oxygen atoms in total. The number of likely N-dealkylation sites (tertiary alicyclic amines) is 1. The fraction of sp³-hybridized carbons (Fsp3) is 0.625. The lowest BCUT2D eigenvalue weighted by molar-refractivity contribution is 0.254. The predicted octanol–water partition coefficient (Wildman–Crippen LogP) is 2.67. The van der Waals surface area contributed by atoms with Crippen LogP contribution in [0.1, 0.15) is 38.3 Å². The van der Waals surface area contributed by atoms with E-state index in [0.29, 0.717) is 11.6 Å². The summed E-state index contributed by atoms with van der Waals surface area (Å²) in [7, 11) is 1.42. The van der Waals surface area contributed by atoms with E-state index in [9.17, 15) is 9.50 Å². The molecule has 1 aromatic carbocycles. The van der Waals surface area contributed by atoms with Gasteiger partial charge in [0, 0.05) is 18.6 Å². The Morgan fingerprint density at radius 1 is 1.52 bits per heavy atom. The van der Waals surface area contributed by atoms with Gasteiger partial charge in [-0.1, -0.05) is 6.92 Å². The van der Waals surface area contributed by atoms with Crippen LogP contribution in [-0.4, -0.2) is 42.8 Å². The molecular formula is C16H25FN2O2. The number of hydrogen-bond acceptors (Lipinski definition) is 4. The molecule has 0 radical (unpaired) electrons. The molecule has 0 saturated carbocycles. The molecule has 1 saturated heterocycles. The van der Waals surface area contributed by atoms with Crippen molar-refractivity contribution in [3.05, 3.63) is 23.5 Å². The van der Waals surface area contributed by atoms with E-state index in [4.69, 9.17) is 4.74 Å². The SMILES string of the molecule is CCN1CCCC1CNC(C)c1c(O)ccc(F)c1OC. The van der Waals surface area contributed by atoms with Crippen molar-refractivity contribution in [3.63, 3.8) is 0 Å². The van der Waals surface area contributed by atoms with E-state index in [-0.39, 0.29) is 17.5 Å².